The number of hydrogen-bond acceptors (Lipinski definition) is 2. The van der Waals surface area contributed by atoms with E-state index in [1.165, 1.54) is 18.5 Å². The lowest BCUT2D eigenvalue weighted by Crippen LogP contribution is -2.16. The SMILES string of the molecule is COC1CCC(Nc2ccccc2)C1. The van der Waals surface area contributed by atoms with Gasteiger partial charge in [-0.15, -0.1) is 0 Å². The molecule has 2 rings (SSSR count). The van der Waals surface area contributed by atoms with Crippen LogP contribution < -0.4 is 5.32 Å². The van der Waals surface area contributed by atoms with Gasteiger partial charge < -0.3 is 10.1 Å². The third-order valence-electron chi connectivity index (χ3n) is 2.86. The van der Waals surface area contributed by atoms with Crippen LogP contribution in [0.3, 0.4) is 0 Å². The van der Waals surface area contributed by atoms with Crippen LogP contribution in [-0.4, -0.2) is 19.3 Å². The molecular formula is C12H17NO. The van der Waals surface area contributed by atoms with Gasteiger partial charge >= 0.3 is 0 Å². The van der Waals surface area contributed by atoms with Crippen molar-refractivity contribution in [1.29, 1.82) is 0 Å². The summed E-state index contributed by atoms with van der Waals surface area (Å²) in [7, 11) is 1.80. The lowest BCUT2D eigenvalue weighted by molar-refractivity contribution is 0.108. The molecule has 1 N–H and O–H groups in total. The molecule has 2 nitrogen and oxygen atoms in total. The van der Waals surface area contributed by atoms with Gasteiger partial charge in [-0.3, -0.25) is 0 Å². The largest absolute Gasteiger partial charge is 0.382 e. The molecule has 2 unspecified atom stereocenters. The fourth-order valence-electron chi connectivity index (χ4n) is 2.06. The maximum absolute atomic E-state index is 5.34. The summed E-state index contributed by atoms with van der Waals surface area (Å²) < 4.78 is 5.34. The summed E-state index contributed by atoms with van der Waals surface area (Å²) in [6.07, 6.45) is 3.98. The average Bonchev–Trinajstić information content (AvgIpc) is 2.67. The smallest absolute Gasteiger partial charge is 0.0591 e. The van der Waals surface area contributed by atoms with E-state index >= 15 is 0 Å². The zero-order chi connectivity index (χ0) is 9.80. The van der Waals surface area contributed by atoms with Gasteiger partial charge in [0.2, 0.25) is 0 Å². The number of benzene rings is 1. The van der Waals surface area contributed by atoms with Crippen LogP contribution in [0.1, 0.15) is 19.3 Å². The zero-order valence-corrected chi connectivity index (χ0v) is 8.57. The summed E-state index contributed by atoms with van der Waals surface area (Å²) in [5.41, 5.74) is 1.22. The molecule has 0 spiro atoms. The molecule has 0 amide bonds. The first kappa shape index (κ1) is 9.53. The van der Waals surface area contributed by atoms with E-state index in [1.807, 2.05) is 6.07 Å². The van der Waals surface area contributed by atoms with Crippen LogP contribution in [0.5, 0.6) is 0 Å². The molecule has 0 radical (unpaired) electrons. The van der Waals surface area contributed by atoms with Gasteiger partial charge in [0.25, 0.3) is 0 Å². The Labute approximate surface area is 85.3 Å². The van der Waals surface area contributed by atoms with Crippen LogP contribution in [-0.2, 0) is 4.74 Å². The van der Waals surface area contributed by atoms with Gasteiger partial charge in [0.15, 0.2) is 0 Å². The van der Waals surface area contributed by atoms with Crippen LogP contribution >= 0.6 is 0 Å². The first-order valence-electron chi connectivity index (χ1n) is 5.23. The number of hydrogen-bond donors (Lipinski definition) is 1. The van der Waals surface area contributed by atoms with Crippen LogP contribution in [0.25, 0.3) is 0 Å². The molecule has 1 saturated carbocycles. The molecule has 2 atom stereocenters. The van der Waals surface area contributed by atoms with Crippen LogP contribution in [0.4, 0.5) is 5.69 Å². The number of methoxy groups -OCH3 is 1. The minimum atomic E-state index is 0.455. The Morgan fingerprint density at radius 2 is 2.00 bits per heavy atom. The van der Waals surface area contributed by atoms with Crippen molar-refractivity contribution in [2.75, 3.05) is 12.4 Å². The molecule has 14 heavy (non-hydrogen) atoms. The molecule has 0 aromatic heterocycles. The van der Waals surface area contributed by atoms with Crippen LogP contribution in [0, 0.1) is 0 Å². The molecule has 2 heteroatoms. The fraction of sp³-hybridized carbons (Fsp3) is 0.500. The molecule has 76 valence electrons. The molecule has 0 aliphatic heterocycles. The standard InChI is InChI=1S/C12H17NO/c1-14-12-8-7-11(9-12)13-10-5-3-2-4-6-10/h2-6,11-13H,7-9H2,1H3. The highest BCUT2D eigenvalue weighted by Crippen LogP contribution is 2.24. The summed E-state index contributed by atoms with van der Waals surface area (Å²) in [5.74, 6) is 0. The summed E-state index contributed by atoms with van der Waals surface area (Å²) in [6.45, 7) is 0. The van der Waals surface area contributed by atoms with Crippen LogP contribution in [0.2, 0.25) is 0 Å². The second kappa shape index (κ2) is 4.47. The minimum absolute atomic E-state index is 0.455. The molecule has 0 bridgehead atoms. The Hall–Kier alpha value is -1.02. The van der Waals surface area contributed by atoms with E-state index in [2.05, 4.69) is 29.6 Å². The van der Waals surface area contributed by atoms with E-state index in [0.717, 1.165) is 6.42 Å². The van der Waals surface area contributed by atoms with E-state index in [0.29, 0.717) is 12.1 Å². The predicted octanol–water partition coefficient (Wildman–Crippen LogP) is 2.67. The van der Waals surface area contributed by atoms with E-state index < -0.39 is 0 Å². The average molecular weight is 191 g/mol. The molecule has 1 aliphatic rings. The number of anilines is 1. The van der Waals surface area contributed by atoms with Gasteiger partial charge in [-0.2, -0.15) is 0 Å². The quantitative estimate of drug-likeness (QED) is 0.793. The number of nitrogens with one attached hydrogen (secondary N) is 1. The highest BCUT2D eigenvalue weighted by molar-refractivity contribution is 5.43. The maximum atomic E-state index is 5.34. The molecule has 1 aromatic carbocycles. The second-order valence-electron chi connectivity index (χ2n) is 3.88. The van der Waals surface area contributed by atoms with Gasteiger partial charge in [-0.05, 0) is 31.4 Å². The normalized spacial score (nSPS) is 26.4. The Morgan fingerprint density at radius 3 is 2.64 bits per heavy atom. The van der Waals surface area contributed by atoms with Crippen molar-refractivity contribution in [3.63, 3.8) is 0 Å². The molecule has 1 aromatic rings. The number of rotatable bonds is 3. The molecule has 0 heterocycles. The zero-order valence-electron chi connectivity index (χ0n) is 8.57. The summed E-state index contributed by atoms with van der Waals surface area (Å²) in [4.78, 5) is 0. The highest BCUT2D eigenvalue weighted by atomic mass is 16.5. The molecular weight excluding hydrogens is 174 g/mol. The fourth-order valence-corrected chi connectivity index (χ4v) is 2.06. The summed E-state index contributed by atoms with van der Waals surface area (Å²) in [5, 5.41) is 3.53. The van der Waals surface area contributed by atoms with E-state index in [1.54, 1.807) is 7.11 Å². The third kappa shape index (κ3) is 2.26. The van der Waals surface area contributed by atoms with Crippen molar-refractivity contribution in [3.05, 3.63) is 30.3 Å². The van der Waals surface area contributed by atoms with E-state index in [4.69, 9.17) is 4.74 Å². The highest BCUT2D eigenvalue weighted by Gasteiger charge is 2.23. The minimum Gasteiger partial charge on any atom is -0.382 e. The lowest BCUT2D eigenvalue weighted by atomic mass is 10.2. The lowest BCUT2D eigenvalue weighted by Gasteiger charge is -2.13. The van der Waals surface area contributed by atoms with Crippen molar-refractivity contribution < 1.29 is 4.74 Å². The molecule has 1 fully saturated rings. The van der Waals surface area contributed by atoms with Crippen molar-refractivity contribution in [2.45, 2.75) is 31.4 Å². The van der Waals surface area contributed by atoms with E-state index in [9.17, 15) is 0 Å². The predicted molar refractivity (Wildman–Crippen MR) is 58.5 cm³/mol. The topological polar surface area (TPSA) is 21.3 Å². The molecule has 1 aliphatic carbocycles. The van der Waals surface area contributed by atoms with Gasteiger partial charge in [0.1, 0.15) is 0 Å². The summed E-state index contributed by atoms with van der Waals surface area (Å²) in [6, 6.07) is 11.0. The van der Waals surface area contributed by atoms with Gasteiger partial charge in [0, 0.05) is 18.8 Å². The van der Waals surface area contributed by atoms with Crippen LogP contribution in [0.15, 0.2) is 30.3 Å². The second-order valence-corrected chi connectivity index (χ2v) is 3.88. The maximum Gasteiger partial charge on any atom is 0.0591 e. The first-order chi connectivity index (χ1) is 6.88. The Balaban J connectivity index is 1.88. The Kier molecular flexibility index (Phi) is 3.04. The summed E-state index contributed by atoms with van der Waals surface area (Å²) >= 11 is 0. The van der Waals surface area contributed by atoms with Crippen molar-refractivity contribution in [3.8, 4) is 0 Å². The molecule has 0 saturated heterocycles. The van der Waals surface area contributed by atoms with Crippen molar-refractivity contribution in [2.24, 2.45) is 0 Å². The van der Waals surface area contributed by atoms with Crippen molar-refractivity contribution in [1.82, 2.24) is 0 Å². The number of ether oxygens (including phenoxy) is 1. The first-order valence-corrected chi connectivity index (χ1v) is 5.23. The van der Waals surface area contributed by atoms with Gasteiger partial charge in [0.05, 0.1) is 6.10 Å². The van der Waals surface area contributed by atoms with E-state index in [-0.39, 0.29) is 0 Å². The van der Waals surface area contributed by atoms with Gasteiger partial charge in [-0.25, -0.2) is 0 Å². The van der Waals surface area contributed by atoms with Gasteiger partial charge in [-0.1, -0.05) is 18.2 Å². The third-order valence-corrected chi connectivity index (χ3v) is 2.86. The Morgan fingerprint density at radius 1 is 1.21 bits per heavy atom. The van der Waals surface area contributed by atoms with Crippen molar-refractivity contribution >= 4 is 5.69 Å². The number of para-hydroxylation sites is 1. The Bertz CT molecular complexity index is 273. The monoisotopic (exact) mass is 191 g/mol.